The Kier molecular flexibility index (Phi) is 5.02. The molecule has 17 heavy (non-hydrogen) atoms. The molecule has 0 aromatic heterocycles. The van der Waals surface area contributed by atoms with Gasteiger partial charge in [0.1, 0.15) is 0 Å². The molecule has 0 saturated heterocycles. The fourth-order valence-electron chi connectivity index (χ4n) is 1.99. The summed E-state index contributed by atoms with van der Waals surface area (Å²) in [6, 6.07) is 8.71. The van der Waals surface area contributed by atoms with Gasteiger partial charge in [0.2, 0.25) is 0 Å². The number of ether oxygens (including phenoxy) is 1. The standard InChI is InChI=1S/C15H23NO/c1-2-9-16-11-13-5-3-6-14(10-13)12-17-15-7-4-8-15/h3,5-6,10,15-16H,2,4,7-9,11-12H2,1H3. The van der Waals surface area contributed by atoms with E-state index in [1.54, 1.807) is 0 Å². The number of nitrogens with one attached hydrogen (secondary N) is 1. The molecule has 0 atom stereocenters. The Balaban J connectivity index is 1.78. The van der Waals surface area contributed by atoms with E-state index in [1.807, 2.05) is 0 Å². The van der Waals surface area contributed by atoms with Gasteiger partial charge in [0.05, 0.1) is 12.7 Å². The van der Waals surface area contributed by atoms with E-state index in [-0.39, 0.29) is 0 Å². The smallest absolute Gasteiger partial charge is 0.0720 e. The van der Waals surface area contributed by atoms with Crippen molar-refractivity contribution in [2.75, 3.05) is 6.54 Å². The second-order valence-electron chi connectivity index (χ2n) is 4.86. The summed E-state index contributed by atoms with van der Waals surface area (Å²) in [6.45, 7) is 5.01. The van der Waals surface area contributed by atoms with Gasteiger partial charge in [0, 0.05) is 6.54 Å². The third-order valence-corrected chi connectivity index (χ3v) is 3.29. The molecule has 0 aliphatic heterocycles. The van der Waals surface area contributed by atoms with E-state index in [0.29, 0.717) is 6.10 Å². The number of rotatable bonds is 7. The summed E-state index contributed by atoms with van der Waals surface area (Å²) in [5.41, 5.74) is 2.65. The summed E-state index contributed by atoms with van der Waals surface area (Å²) in [7, 11) is 0. The van der Waals surface area contributed by atoms with Crippen LogP contribution in [0.15, 0.2) is 24.3 Å². The fraction of sp³-hybridized carbons (Fsp3) is 0.600. The Morgan fingerprint density at radius 1 is 1.29 bits per heavy atom. The van der Waals surface area contributed by atoms with Gasteiger partial charge in [0.15, 0.2) is 0 Å². The van der Waals surface area contributed by atoms with Gasteiger partial charge in [-0.2, -0.15) is 0 Å². The normalized spacial score (nSPS) is 15.8. The number of hydrogen-bond donors (Lipinski definition) is 1. The molecule has 0 bridgehead atoms. The minimum absolute atomic E-state index is 0.525. The molecule has 0 unspecified atom stereocenters. The molecule has 1 aromatic carbocycles. The van der Waals surface area contributed by atoms with Gasteiger partial charge in [-0.15, -0.1) is 0 Å². The Morgan fingerprint density at radius 2 is 2.12 bits per heavy atom. The number of benzene rings is 1. The van der Waals surface area contributed by atoms with Crippen LogP contribution in [0.1, 0.15) is 43.7 Å². The highest BCUT2D eigenvalue weighted by Crippen LogP contribution is 2.23. The van der Waals surface area contributed by atoms with E-state index in [1.165, 1.54) is 36.8 Å². The first kappa shape index (κ1) is 12.6. The van der Waals surface area contributed by atoms with Crippen LogP contribution in [-0.4, -0.2) is 12.6 Å². The van der Waals surface area contributed by atoms with E-state index < -0.39 is 0 Å². The van der Waals surface area contributed by atoms with Crippen molar-refractivity contribution in [3.63, 3.8) is 0 Å². The molecule has 94 valence electrons. The number of hydrogen-bond acceptors (Lipinski definition) is 2. The molecule has 1 fully saturated rings. The van der Waals surface area contributed by atoms with Crippen LogP contribution in [0.25, 0.3) is 0 Å². The van der Waals surface area contributed by atoms with Gasteiger partial charge in [-0.1, -0.05) is 31.2 Å². The van der Waals surface area contributed by atoms with Crippen LogP contribution in [-0.2, 0) is 17.9 Å². The van der Waals surface area contributed by atoms with Gasteiger partial charge in [0.25, 0.3) is 0 Å². The molecule has 0 radical (unpaired) electrons. The molecule has 2 nitrogen and oxygen atoms in total. The van der Waals surface area contributed by atoms with Crippen LogP contribution in [0, 0.1) is 0 Å². The predicted octanol–water partition coefficient (Wildman–Crippen LogP) is 3.26. The lowest BCUT2D eigenvalue weighted by Crippen LogP contribution is -2.21. The molecule has 2 rings (SSSR count). The third kappa shape index (κ3) is 4.14. The fourth-order valence-corrected chi connectivity index (χ4v) is 1.99. The average Bonchev–Trinajstić information content (AvgIpc) is 2.28. The molecule has 1 aromatic rings. The summed E-state index contributed by atoms with van der Waals surface area (Å²) < 4.78 is 5.82. The average molecular weight is 233 g/mol. The molecule has 1 saturated carbocycles. The van der Waals surface area contributed by atoms with E-state index in [4.69, 9.17) is 4.74 Å². The Morgan fingerprint density at radius 3 is 2.82 bits per heavy atom. The van der Waals surface area contributed by atoms with Crippen molar-refractivity contribution in [3.8, 4) is 0 Å². The topological polar surface area (TPSA) is 21.3 Å². The van der Waals surface area contributed by atoms with E-state index in [9.17, 15) is 0 Å². The maximum absolute atomic E-state index is 5.82. The maximum Gasteiger partial charge on any atom is 0.0720 e. The van der Waals surface area contributed by atoms with Crippen LogP contribution in [0.5, 0.6) is 0 Å². The van der Waals surface area contributed by atoms with Gasteiger partial charge in [-0.3, -0.25) is 0 Å². The summed E-state index contributed by atoms with van der Waals surface area (Å²) in [4.78, 5) is 0. The van der Waals surface area contributed by atoms with E-state index >= 15 is 0 Å². The van der Waals surface area contributed by atoms with Crippen molar-refractivity contribution in [2.24, 2.45) is 0 Å². The first-order valence-corrected chi connectivity index (χ1v) is 6.78. The Labute approximate surface area is 104 Å². The van der Waals surface area contributed by atoms with Crippen molar-refractivity contribution in [3.05, 3.63) is 35.4 Å². The predicted molar refractivity (Wildman–Crippen MR) is 70.9 cm³/mol. The highest BCUT2D eigenvalue weighted by molar-refractivity contribution is 5.22. The van der Waals surface area contributed by atoms with Crippen molar-refractivity contribution in [1.82, 2.24) is 5.32 Å². The molecule has 1 aliphatic carbocycles. The van der Waals surface area contributed by atoms with Crippen molar-refractivity contribution in [1.29, 1.82) is 0 Å². The quantitative estimate of drug-likeness (QED) is 0.730. The zero-order valence-electron chi connectivity index (χ0n) is 10.7. The molecule has 0 spiro atoms. The monoisotopic (exact) mass is 233 g/mol. The third-order valence-electron chi connectivity index (χ3n) is 3.29. The highest BCUT2D eigenvalue weighted by atomic mass is 16.5. The maximum atomic E-state index is 5.82. The van der Waals surface area contributed by atoms with E-state index in [0.717, 1.165) is 19.7 Å². The summed E-state index contributed by atoms with van der Waals surface area (Å²) in [5.74, 6) is 0. The van der Waals surface area contributed by atoms with Crippen molar-refractivity contribution in [2.45, 2.75) is 51.9 Å². The molecular weight excluding hydrogens is 210 g/mol. The van der Waals surface area contributed by atoms with Crippen molar-refractivity contribution < 1.29 is 4.74 Å². The minimum atomic E-state index is 0.525. The molecule has 1 aliphatic rings. The van der Waals surface area contributed by atoms with Crippen LogP contribution < -0.4 is 5.32 Å². The van der Waals surface area contributed by atoms with Crippen LogP contribution in [0.2, 0.25) is 0 Å². The van der Waals surface area contributed by atoms with Gasteiger partial charge >= 0.3 is 0 Å². The van der Waals surface area contributed by atoms with Gasteiger partial charge in [-0.25, -0.2) is 0 Å². The molecule has 2 heteroatoms. The Bertz CT molecular complexity index is 333. The largest absolute Gasteiger partial charge is 0.374 e. The zero-order chi connectivity index (χ0) is 11.9. The molecule has 1 N–H and O–H groups in total. The van der Waals surface area contributed by atoms with Crippen LogP contribution >= 0.6 is 0 Å². The SMILES string of the molecule is CCCNCc1cccc(COC2CCC2)c1. The first-order chi connectivity index (χ1) is 8.38. The molecule has 0 heterocycles. The minimum Gasteiger partial charge on any atom is -0.374 e. The highest BCUT2D eigenvalue weighted by Gasteiger charge is 2.17. The van der Waals surface area contributed by atoms with Crippen LogP contribution in [0.4, 0.5) is 0 Å². The summed E-state index contributed by atoms with van der Waals surface area (Å²) >= 11 is 0. The van der Waals surface area contributed by atoms with Gasteiger partial charge in [-0.05, 0) is 43.4 Å². The van der Waals surface area contributed by atoms with E-state index in [2.05, 4.69) is 36.5 Å². The van der Waals surface area contributed by atoms with Gasteiger partial charge < -0.3 is 10.1 Å². The Hall–Kier alpha value is -0.860. The molecule has 0 amide bonds. The summed E-state index contributed by atoms with van der Waals surface area (Å²) in [6.07, 6.45) is 5.54. The summed E-state index contributed by atoms with van der Waals surface area (Å²) in [5, 5.41) is 3.42. The second-order valence-corrected chi connectivity index (χ2v) is 4.86. The van der Waals surface area contributed by atoms with Crippen molar-refractivity contribution >= 4 is 0 Å². The lowest BCUT2D eigenvalue weighted by molar-refractivity contribution is -0.00868. The zero-order valence-corrected chi connectivity index (χ0v) is 10.7. The van der Waals surface area contributed by atoms with Crippen LogP contribution in [0.3, 0.4) is 0 Å². The lowest BCUT2D eigenvalue weighted by Gasteiger charge is -2.25. The lowest BCUT2D eigenvalue weighted by atomic mass is 9.96. The second kappa shape index (κ2) is 6.77. The molecular formula is C15H23NO. The first-order valence-electron chi connectivity index (χ1n) is 6.78.